The predicted molar refractivity (Wildman–Crippen MR) is 95.1 cm³/mol. The van der Waals surface area contributed by atoms with Gasteiger partial charge in [-0.15, -0.1) is 0 Å². The molecule has 0 saturated carbocycles. The lowest BCUT2D eigenvalue weighted by Gasteiger charge is -2.07. The van der Waals surface area contributed by atoms with Crippen LogP contribution in [0.2, 0.25) is 0 Å². The Labute approximate surface area is 145 Å². The highest BCUT2D eigenvalue weighted by molar-refractivity contribution is 5.77. The number of ether oxygens (including phenoxy) is 1. The van der Waals surface area contributed by atoms with Crippen molar-refractivity contribution >= 4 is 11.9 Å². The molecular formula is C20H28O4. The summed E-state index contributed by atoms with van der Waals surface area (Å²) in [5.74, 6) is 9.53. The Morgan fingerprint density at radius 2 is 1.88 bits per heavy atom. The van der Waals surface area contributed by atoms with Gasteiger partial charge in [-0.3, -0.25) is 4.79 Å². The summed E-state index contributed by atoms with van der Waals surface area (Å²) in [7, 11) is 0. The molecule has 0 amide bonds. The number of carbonyl (C=O) groups excluding carboxylic acids is 1. The summed E-state index contributed by atoms with van der Waals surface area (Å²) >= 11 is 0. The van der Waals surface area contributed by atoms with Crippen molar-refractivity contribution in [3.63, 3.8) is 0 Å². The molecule has 0 saturated heterocycles. The quantitative estimate of drug-likeness (QED) is 0.351. The minimum atomic E-state index is -1.15. The number of hydrogen-bond acceptors (Lipinski definition) is 3. The van der Waals surface area contributed by atoms with Gasteiger partial charge in [-0.05, 0) is 44.1 Å². The number of esters is 1. The summed E-state index contributed by atoms with van der Waals surface area (Å²) in [6.07, 6.45) is 11.5. The van der Waals surface area contributed by atoms with Gasteiger partial charge in [0.05, 0.1) is 0 Å². The summed E-state index contributed by atoms with van der Waals surface area (Å²) in [6.45, 7) is 3.54. The van der Waals surface area contributed by atoms with Crippen LogP contribution >= 0.6 is 0 Å². The van der Waals surface area contributed by atoms with Gasteiger partial charge in [0.1, 0.15) is 0 Å². The van der Waals surface area contributed by atoms with E-state index in [0.29, 0.717) is 12.8 Å². The second-order valence-electron chi connectivity index (χ2n) is 5.50. The first kappa shape index (κ1) is 21.8. The molecular weight excluding hydrogens is 304 g/mol. The van der Waals surface area contributed by atoms with Crippen LogP contribution in [0.25, 0.3) is 0 Å². The zero-order valence-electron chi connectivity index (χ0n) is 14.8. The molecule has 0 aliphatic carbocycles. The minimum Gasteiger partial charge on any atom is -0.479 e. The van der Waals surface area contributed by atoms with Crippen molar-refractivity contribution in [1.82, 2.24) is 0 Å². The lowest BCUT2D eigenvalue weighted by molar-refractivity contribution is -0.162. The van der Waals surface area contributed by atoms with Crippen molar-refractivity contribution in [3.8, 4) is 23.7 Å². The Morgan fingerprint density at radius 3 is 2.58 bits per heavy atom. The summed E-state index contributed by atoms with van der Waals surface area (Å²) < 4.78 is 4.70. The van der Waals surface area contributed by atoms with E-state index in [1.807, 2.05) is 6.08 Å². The van der Waals surface area contributed by atoms with E-state index in [4.69, 9.17) is 9.84 Å². The summed E-state index contributed by atoms with van der Waals surface area (Å²) in [4.78, 5) is 21.8. The molecule has 1 unspecified atom stereocenters. The van der Waals surface area contributed by atoms with Gasteiger partial charge in [0.25, 0.3) is 0 Å². The molecule has 1 atom stereocenters. The molecule has 0 aromatic heterocycles. The van der Waals surface area contributed by atoms with Gasteiger partial charge in [-0.1, -0.05) is 50.5 Å². The maximum Gasteiger partial charge on any atom is 0.344 e. The second kappa shape index (κ2) is 15.7. The molecule has 0 rings (SSSR count). The standard InChI is InChI=1S/C20H28O4/c1-3-4-5-6-7-8-9-10-11-12-13-14-15-16-17-19(21)24-18(2)20(22)23/h9-10,18H,3-8,15-17H2,1-2H3,(H,22,23). The first-order valence-corrected chi connectivity index (χ1v) is 8.63. The topological polar surface area (TPSA) is 63.6 Å². The number of carboxylic acid groups (broad SMARTS) is 1. The molecule has 0 fully saturated rings. The highest BCUT2D eigenvalue weighted by Gasteiger charge is 2.15. The maximum atomic E-state index is 11.3. The fourth-order valence-electron chi connectivity index (χ4n) is 1.82. The Balaban J connectivity index is 3.67. The number of unbranched alkanes of at least 4 members (excludes halogenated alkanes) is 6. The van der Waals surface area contributed by atoms with Gasteiger partial charge in [0.2, 0.25) is 0 Å². The maximum absolute atomic E-state index is 11.3. The number of hydrogen-bond donors (Lipinski definition) is 1. The molecule has 0 bridgehead atoms. The van der Waals surface area contributed by atoms with Gasteiger partial charge in [-0.2, -0.15) is 0 Å². The van der Waals surface area contributed by atoms with Crippen LogP contribution in [0.1, 0.15) is 71.6 Å². The van der Waals surface area contributed by atoms with Crippen molar-refractivity contribution in [3.05, 3.63) is 12.2 Å². The van der Waals surface area contributed by atoms with Crippen molar-refractivity contribution in [1.29, 1.82) is 0 Å². The molecule has 4 heteroatoms. The van der Waals surface area contributed by atoms with Crippen LogP contribution in [0, 0.1) is 23.7 Å². The average molecular weight is 332 g/mol. The SMILES string of the molecule is CCCCCCCC=CC#CC#CCCCC(=O)OC(C)C(=O)O. The molecule has 0 aromatic rings. The molecule has 24 heavy (non-hydrogen) atoms. The van der Waals surface area contributed by atoms with E-state index in [2.05, 4.69) is 36.7 Å². The van der Waals surface area contributed by atoms with E-state index in [9.17, 15) is 9.59 Å². The number of aliphatic carboxylic acids is 1. The molecule has 4 nitrogen and oxygen atoms in total. The van der Waals surface area contributed by atoms with Crippen LogP contribution in [-0.4, -0.2) is 23.1 Å². The largest absolute Gasteiger partial charge is 0.479 e. The zero-order chi connectivity index (χ0) is 18.0. The van der Waals surface area contributed by atoms with Gasteiger partial charge >= 0.3 is 11.9 Å². The first-order valence-electron chi connectivity index (χ1n) is 8.63. The van der Waals surface area contributed by atoms with Crippen molar-refractivity contribution in [2.45, 2.75) is 77.7 Å². The van der Waals surface area contributed by atoms with Gasteiger partial charge < -0.3 is 9.84 Å². The summed E-state index contributed by atoms with van der Waals surface area (Å²) in [6, 6.07) is 0. The molecule has 0 spiro atoms. The molecule has 0 aliphatic rings. The second-order valence-corrected chi connectivity index (χ2v) is 5.50. The first-order chi connectivity index (χ1) is 11.6. The molecule has 132 valence electrons. The van der Waals surface area contributed by atoms with Crippen LogP contribution in [0.5, 0.6) is 0 Å². The van der Waals surface area contributed by atoms with E-state index >= 15 is 0 Å². The van der Waals surface area contributed by atoms with Gasteiger partial charge in [0.15, 0.2) is 6.10 Å². The van der Waals surface area contributed by atoms with Crippen LogP contribution in [-0.2, 0) is 14.3 Å². The van der Waals surface area contributed by atoms with E-state index in [1.54, 1.807) is 0 Å². The van der Waals surface area contributed by atoms with E-state index in [-0.39, 0.29) is 6.42 Å². The monoisotopic (exact) mass is 332 g/mol. The van der Waals surface area contributed by atoms with Crippen molar-refractivity contribution < 1.29 is 19.4 Å². The normalized spacial score (nSPS) is 11.1. The zero-order valence-corrected chi connectivity index (χ0v) is 14.8. The van der Waals surface area contributed by atoms with E-state index in [1.165, 1.54) is 39.0 Å². The molecule has 0 aromatic carbocycles. The van der Waals surface area contributed by atoms with Crippen molar-refractivity contribution in [2.75, 3.05) is 0 Å². The third kappa shape index (κ3) is 14.7. The number of rotatable bonds is 11. The summed E-state index contributed by atoms with van der Waals surface area (Å²) in [5.41, 5.74) is 0. The fraction of sp³-hybridized carbons (Fsp3) is 0.600. The minimum absolute atomic E-state index is 0.164. The number of carboxylic acids is 1. The molecule has 0 heterocycles. The van der Waals surface area contributed by atoms with Crippen LogP contribution in [0.15, 0.2) is 12.2 Å². The van der Waals surface area contributed by atoms with Crippen LogP contribution in [0.3, 0.4) is 0 Å². The average Bonchev–Trinajstić information content (AvgIpc) is 2.55. The Kier molecular flexibility index (Phi) is 14.2. The number of carbonyl (C=O) groups is 2. The molecule has 0 radical (unpaired) electrons. The summed E-state index contributed by atoms with van der Waals surface area (Å²) in [5, 5.41) is 8.61. The number of allylic oxidation sites excluding steroid dienone is 2. The van der Waals surface area contributed by atoms with E-state index in [0.717, 1.165) is 6.42 Å². The highest BCUT2D eigenvalue weighted by Crippen LogP contribution is 2.05. The predicted octanol–water partition coefficient (Wildman–Crippen LogP) is 4.10. The smallest absolute Gasteiger partial charge is 0.344 e. The molecule has 0 aliphatic heterocycles. The van der Waals surface area contributed by atoms with Crippen molar-refractivity contribution in [2.24, 2.45) is 0 Å². The lowest BCUT2D eigenvalue weighted by atomic mass is 10.1. The van der Waals surface area contributed by atoms with Gasteiger partial charge in [-0.25, -0.2) is 4.79 Å². The third-order valence-electron chi connectivity index (χ3n) is 3.24. The Hall–Kier alpha value is -2.20. The van der Waals surface area contributed by atoms with Crippen LogP contribution in [0.4, 0.5) is 0 Å². The Bertz CT molecular complexity index is 511. The Morgan fingerprint density at radius 1 is 1.12 bits per heavy atom. The highest BCUT2D eigenvalue weighted by atomic mass is 16.6. The van der Waals surface area contributed by atoms with E-state index < -0.39 is 18.0 Å². The van der Waals surface area contributed by atoms with Gasteiger partial charge in [0, 0.05) is 12.8 Å². The van der Waals surface area contributed by atoms with Crippen LogP contribution < -0.4 is 0 Å². The fourth-order valence-corrected chi connectivity index (χ4v) is 1.82. The third-order valence-corrected chi connectivity index (χ3v) is 3.24. The lowest BCUT2D eigenvalue weighted by Crippen LogP contribution is -2.23. The molecule has 1 N–H and O–H groups in total.